The number of ether oxygens (including phenoxy) is 1. The van der Waals surface area contributed by atoms with Crippen LogP contribution in [0.1, 0.15) is 22.3 Å². The fraction of sp³-hybridized carbons (Fsp3) is 0.200. The Balaban J connectivity index is 1.49. The third-order valence-electron chi connectivity index (χ3n) is 5.13. The predicted octanol–water partition coefficient (Wildman–Crippen LogP) is 5.75. The molecule has 0 aliphatic rings. The number of nitrogens with one attached hydrogen (secondary N) is 1. The van der Waals surface area contributed by atoms with E-state index in [2.05, 4.69) is 16.4 Å². The van der Waals surface area contributed by atoms with Crippen molar-refractivity contribution in [2.75, 3.05) is 11.9 Å². The number of aromatic nitrogens is 1. The van der Waals surface area contributed by atoms with Gasteiger partial charge in [0.25, 0.3) is 5.91 Å². The van der Waals surface area contributed by atoms with Gasteiger partial charge in [-0.25, -0.2) is 4.98 Å². The van der Waals surface area contributed by atoms with E-state index in [9.17, 15) is 4.79 Å². The normalized spacial score (nSPS) is 10.9. The van der Waals surface area contributed by atoms with Gasteiger partial charge in [0.1, 0.15) is 11.3 Å². The summed E-state index contributed by atoms with van der Waals surface area (Å²) >= 11 is 0. The van der Waals surface area contributed by atoms with Gasteiger partial charge in [-0.15, -0.1) is 0 Å². The van der Waals surface area contributed by atoms with Gasteiger partial charge in [-0.1, -0.05) is 24.3 Å². The zero-order valence-electron chi connectivity index (χ0n) is 17.6. The molecule has 0 saturated carbocycles. The van der Waals surface area contributed by atoms with Gasteiger partial charge in [0.15, 0.2) is 12.2 Å². The zero-order chi connectivity index (χ0) is 21.3. The SMILES string of the molecule is Cc1cc(C)c2oc(-c3cccc(NC(=O)COc4cccc(C)c4C)c3)nc2c1. The van der Waals surface area contributed by atoms with Gasteiger partial charge in [0.05, 0.1) is 0 Å². The second-order valence-corrected chi connectivity index (χ2v) is 7.56. The first kappa shape index (κ1) is 19.7. The van der Waals surface area contributed by atoms with Crippen LogP contribution in [0.15, 0.2) is 59.0 Å². The molecule has 5 nitrogen and oxygen atoms in total. The Bertz CT molecular complexity index is 1240. The molecule has 4 aromatic rings. The number of amides is 1. The molecule has 0 spiro atoms. The van der Waals surface area contributed by atoms with Crippen LogP contribution in [0, 0.1) is 27.7 Å². The molecular formula is C25H24N2O3. The molecule has 1 amide bonds. The summed E-state index contributed by atoms with van der Waals surface area (Å²) in [6.07, 6.45) is 0. The molecule has 1 aromatic heterocycles. The maximum absolute atomic E-state index is 12.4. The number of oxazole rings is 1. The number of carbonyl (C=O) groups excluding carboxylic acids is 1. The second kappa shape index (κ2) is 8.03. The van der Waals surface area contributed by atoms with Crippen molar-refractivity contribution in [1.82, 2.24) is 4.98 Å². The lowest BCUT2D eigenvalue weighted by atomic mass is 10.1. The molecule has 0 radical (unpaired) electrons. The summed E-state index contributed by atoms with van der Waals surface area (Å²) < 4.78 is 11.7. The Hall–Kier alpha value is -3.60. The average molecular weight is 400 g/mol. The highest BCUT2D eigenvalue weighted by atomic mass is 16.5. The van der Waals surface area contributed by atoms with E-state index >= 15 is 0 Å². The fourth-order valence-electron chi connectivity index (χ4n) is 3.45. The van der Waals surface area contributed by atoms with E-state index < -0.39 is 0 Å². The van der Waals surface area contributed by atoms with Crippen molar-refractivity contribution in [3.05, 3.63) is 76.9 Å². The van der Waals surface area contributed by atoms with Gasteiger partial charge in [0.2, 0.25) is 5.89 Å². The third-order valence-corrected chi connectivity index (χ3v) is 5.13. The van der Waals surface area contributed by atoms with Crippen LogP contribution in [0.2, 0.25) is 0 Å². The monoisotopic (exact) mass is 400 g/mol. The third kappa shape index (κ3) is 4.06. The van der Waals surface area contributed by atoms with Gasteiger partial charge in [-0.3, -0.25) is 4.79 Å². The highest BCUT2D eigenvalue weighted by Gasteiger charge is 2.12. The van der Waals surface area contributed by atoms with Gasteiger partial charge in [-0.2, -0.15) is 0 Å². The van der Waals surface area contributed by atoms with Crippen molar-refractivity contribution in [1.29, 1.82) is 0 Å². The summed E-state index contributed by atoms with van der Waals surface area (Å²) in [5.41, 5.74) is 7.44. The molecule has 0 bridgehead atoms. The Morgan fingerprint density at radius 2 is 1.80 bits per heavy atom. The maximum atomic E-state index is 12.4. The summed E-state index contributed by atoms with van der Waals surface area (Å²) in [7, 11) is 0. The Morgan fingerprint density at radius 1 is 1.00 bits per heavy atom. The van der Waals surface area contributed by atoms with E-state index in [4.69, 9.17) is 9.15 Å². The standard InChI is InChI=1S/C25H24N2O3/c1-15-11-17(3)24-21(12-15)27-25(30-24)19-8-6-9-20(13-19)26-23(28)14-29-22-10-5-7-16(2)18(22)4/h5-13H,14H2,1-4H3,(H,26,28). The molecule has 152 valence electrons. The summed E-state index contributed by atoms with van der Waals surface area (Å²) in [4.78, 5) is 17.0. The molecule has 0 unspecified atom stereocenters. The number of hydrogen-bond donors (Lipinski definition) is 1. The van der Waals surface area contributed by atoms with Gasteiger partial charge >= 0.3 is 0 Å². The van der Waals surface area contributed by atoms with Crippen molar-refractivity contribution in [2.24, 2.45) is 0 Å². The minimum Gasteiger partial charge on any atom is -0.483 e. The number of anilines is 1. The summed E-state index contributed by atoms with van der Waals surface area (Å²) in [6.45, 7) is 7.99. The molecule has 1 heterocycles. The molecule has 0 aliphatic carbocycles. The van der Waals surface area contributed by atoms with Gasteiger partial charge in [0, 0.05) is 11.3 Å². The Morgan fingerprint density at radius 3 is 2.63 bits per heavy atom. The first-order valence-electron chi connectivity index (χ1n) is 9.88. The van der Waals surface area contributed by atoms with Crippen LogP contribution in [0.5, 0.6) is 5.75 Å². The van der Waals surface area contributed by atoms with Gasteiger partial charge < -0.3 is 14.5 Å². The van der Waals surface area contributed by atoms with Crippen LogP contribution in [-0.2, 0) is 4.79 Å². The highest BCUT2D eigenvalue weighted by molar-refractivity contribution is 5.92. The van der Waals surface area contributed by atoms with E-state index in [1.807, 2.05) is 76.2 Å². The van der Waals surface area contributed by atoms with Crippen molar-refractivity contribution in [3.8, 4) is 17.2 Å². The van der Waals surface area contributed by atoms with Crippen LogP contribution < -0.4 is 10.1 Å². The van der Waals surface area contributed by atoms with Crippen LogP contribution in [-0.4, -0.2) is 17.5 Å². The number of carbonyl (C=O) groups is 1. The Kier molecular flexibility index (Phi) is 5.27. The van der Waals surface area contributed by atoms with Crippen LogP contribution >= 0.6 is 0 Å². The molecule has 4 rings (SSSR count). The molecule has 0 aliphatic heterocycles. The quantitative estimate of drug-likeness (QED) is 0.463. The second-order valence-electron chi connectivity index (χ2n) is 7.56. The summed E-state index contributed by atoms with van der Waals surface area (Å²) in [5.74, 6) is 1.02. The van der Waals surface area contributed by atoms with E-state index in [1.165, 1.54) is 0 Å². The van der Waals surface area contributed by atoms with E-state index in [0.717, 1.165) is 44.7 Å². The van der Waals surface area contributed by atoms with E-state index in [0.29, 0.717) is 11.6 Å². The number of fused-ring (bicyclic) bond motifs is 1. The van der Waals surface area contributed by atoms with Crippen molar-refractivity contribution >= 4 is 22.7 Å². The Labute approximate surface area is 175 Å². The van der Waals surface area contributed by atoms with E-state index in [1.54, 1.807) is 0 Å². The average Bonchev–Trinajstić information content (AvgIpc) is 3.14. The first-order chi connectivity index (χ1) is 14.4. The lowest BCUT2D eigenvalue weighted by Crippen LogP contribution is -2.20. The largest absolute Gasteiger partial charge is 0.483 e. The number of nitrogens with zero attached hydrogens (tertiary/aromatic N) is 1. The molecule has 30 heavy (non-hydrogen) atoms. The fourth-order valence-corrected chi connectivity index (χ4v) is 3.45. The van der Waals surface area contributed by atoms with Crippen molar-refractivity contribution in [3.63, 3.8) is 0 Å². The van der Waals surface area contributed by atoms with E-state index in [-0.39, 0.29) is 12.5 Å². The summed E-state index contributed by atoms with van der Waals surface area (Å²) in [6, 6.07) is 17.3. The molecular weight excluding hydrogens is 376 g/mol. The zero-order valence-corrected chi connectivity index (χ0v) is 17.6. The lowest BCUT2D eigenvalue weighted by Gasteiger charge is -2.11. The maximum Gasteiger partial charge on any atom is 0.262 e. The summed E-state index contributed by atoms with van der Waals surface area (Å²) in [5, 5.41) is 2.88. The molecule has 0 saturated heterocycles. The number of benzene rings is 3. The van der Waals surface area contributed by atoms with Crippen molar-refractivity contribution in [2.45, 2.75) is 27.7 Å². The number of hydrogen-bond acceptors (Lipinski definition) is 4. The van der Waals surface area contributed by atoms with Crippen molar-refractivity contribution < 1.29 is 13.9 Å². The predicted molar refractivity (Wildman–Crippen MR) is 119 cm³/mol. The first-order valence-corrected chi connectivity index (χ1v) is 9.88. The number of aryl methyl sites for hydroxylation is 3. The molecule has 3 aromatic carbocycles. The molecule has 0 fully saturated rings. The lowest BCUT2D eigenvalue weighted by molar-refractivity contribution is -0.118. The minimum atomic E-state index is -0.225. The molecule has 1 N–H and O–H groups in total. The number of rotatable bonds is 5. The highest BCUT2D eigenvalue weighted by Crippen LogP contribution is 2.28. The molecule has 0 atom stereocenters. The van der Waals surface area contributed by atoms with Crippen LogP contribution in [0.3, 0.4) is 0 Å². The van der Waals surface area contributed by atoms with Crippen LogP contribution in [0.4, 0.5) is 5.69 Å². The van der Waals surface area contributed by atoms with Gasteiger partial charge in [-0.05, 0) is 80.3 Å². The topological polar surface area (TPSA) is 64.4 Å². The molecule has 5 heteroatoms. The smallest absolute Gasteiger partial charge is 0.262 e. The van der Waals surface area contributed by atoms with Crippen LogP contribution in [0.25, 0.3) is 22.6 Å². The minimum absolute atomic E-state index is 0.0596.